The molecular weight excluding hydrogens is 410 g/mol. The first-order valence-electron chi connectivity index (χ1n) is 9.82. The van der Waals surface area contributed by atoms with Gasteiger partial charge in [0.2, 0.25) is 0 Å². The van der Waals surface area contributed by atoms with Crippen LogP contribution >= 0.6 is 0 Å². The van der Waals surface area contributed by atoms with Gasteiger partial charge in [-0.3, -0.25) is 10.1 Å². The van der Waals surface area contributed by atoms with Gasteiger partial charge in [-0.05, 0) is 48.9 Å². The molecule has 0 bridgehead atoms. The van der Waals surface area contributed by atoms with E-state index in [0.29, 0.717) is 37.4 Å². The maximum atomic E-state index is 12.3. The van der Waals surface area contributed by atoms with Gasteiger partial charge in [-0.2, -0.15) is 0 Å². The summed E-state index contributed by atoms with van der Waals surface area (Å²) in [5.41, 5.74) is 1.63. The molecule has 2 aromatic rings. The fourth-order valence-corrected chi connectivity index (χ4v) is 4.60. The lowest BCUT2D eigenvalue weighted by Crippen LogP contribution is -2.21. The van der Waals surface area contributed by atoms with Gasteiger partial charge in [-0.15, -0.1) is 0 Å². The lowest BCUT2D eigenvalue weighted by atomic mass is 10.0. The van der Waals surface area contributed by atoms with E-state index < -0.39 is 14.8 Å². The van der Waals surface area contributed by atoms with Crippen LogP contribution in [0.15, 0.2) is 35.2 Å². The van der Waals surface area contributed by atoms with Gasteiger partial charge in [-0.25, -0.2) is 8.42 Å². The minimum absolute atomic E-state index is 0.0389. The molecule has 162 valence electrons. The number of aryl methyl sites for hydroxylation is 2. The second kappa shape index (κ2) is 9.34. The van der Waals surface area contributed by atoms with Crippen LogP contribution in [0.5, 0.6) is 17.2 Å². The molecule has 0 amide bonds. The van der Waals surface area contributed by atoms with Crippen molar-refractivity contribution in [3.05, 3.63) is 51.6 Å². The van der Waals surface area contributed by atoms with Crippen LogP contribution in [0.25, 0.3) is 0 Å². The molecule has 1 aliphatic heterocycles. The van der Waals surface area contributed by atoms with Crippen molar-refractivity contribution in [3.8, 4) is 17.2 Å². The van der Waals surface area contributed by atoms with Crippen molar-refractivity contribution in [2.24, 2.45) is 0 Å². The molecule has 0 atom stereocenters. The fraction of sp³-hybridized carbons (Fsp3) is 0.429. The third kappa shape index (κ3) is 4.84. The molecule has 0 saturated heterocycles. The number of methoxy groups -OCH3 is 1. The lowest BCUT2D eigenvalue weighted by Gasteiger charge is -2.21. The largest absolute Gasteiger partial charge is 0.493 e. The molecule has 1 heterocycles. The van der Waals surface area contributed by atoms with Crippen LogP contribution in [0.2, 0.25) is 0 Å². The molecule has 3 rings (SSSR count). The summed E-state index contributed by atoms with van der Waals surface area (Å²) in [6.45, 7) is 2.60. The van der Waals surface area contributed by atoms with Crippen LogP contribution in [0.1, 0.15) is 30.9 Å². The summed E-state index contributed by atoms with van der Waals surface area (Å²) in [6.07, 6.45) is 2.75. The van der Waals surface area contributed by atoms with Gasteiger partial charge >= 0.3 is 5.69 Å². The Kier molecular flexibility index (Phi) is 6.81. The van der Waals surface area contributed by atoms with E-state index in [1.165, 1.54) is 13.2 Å². The Bertz CT molecular complexity index is 1030. The number of hydrogen-bond donors (Lipinski definition) is 0. The highest BCUT2D eigenvalue weighted by molar-refractivity contribution is 7.91. The summed E-state index contributed by atoms with van der Waals surface area (Å²) in [5.74, 6) is 1.10. The van der Waals surface area contributed by atoms with Crippen LogP contribution in [-0.4, -0.2) is 39.4 Å². The smallest absolute Gasteiger partial charge is 0.311 e. The lowest BCUT2D eigenvalue weighted by molar-refractivity contribution is -0.385. The summed E-state index contributed by atoms with van der Waals surface area (Å²) < 4.78 is 41.1. The van der Waals surface area contributed by atoms with Crippen LogP contribution in [0, 0.1) is 10.1 Å². The summed E-state index contributed by atoms with van der Waals surface area (Å²) in [4.78, 5) is 10.9. The maximum Gasteiger partial charge on any atom is 0.311 e. The fourth-order valence-electron chi connectivity index (χ4n) is 3.37. The third-order valence-electron chi connectivity index (χ3n) is 4.88. The van der Waals surface area contributed by atoms with Crippen molar-refractivity contribution in [1.29, 1.82) is 0 Å². The number of fused-ring (bicyclic) bond motifs is 1. The molecule has 0 saturated carbocycles. The molecule has 9 heteroatoms. The van der Waals surface area contributed by atoms with Crippen molar-refractivity contribution < 1.29 is 27.6 Å². The SMILES string of the molecule is CCCOc1cc2c(cc1CCCc1ccc(OC)c([N+](=O)[O-])c1)OCCS2(=O)=O. The number of rotatable bonds is 9. The van der Waals surface area contributed by atoms with Crippen molar-refractivity contribution in [2.75, 3.05) is 26.1 Å². The molecule has 30 heavy (non-hydrogen) atoms. The van der Waals surface area contributed by atoms with Crippen molar-refractivity contribution in [3.63, 3.8) is 0 Å². The zero-order valence-corrected chi connectivity index (χ0v) is 17.9. The number of nitro groups is 1. The highest BCUT2D eigenvalue weighted by Crippen LogP contribution is 2.36. The Morgan fingerprint density at radius 1 is 1.17 bits per heavy atom. The monoisotopic (exact) mass is 435 g/mol. The Balaban J connectivity index is 1.79. The average molecular weight is 435 g/mol. The molecule has 0 aliphatic carbocycles. The summed E-state index contributed by atoms with van der Waals surface area (Å²) >= 11 is 0. The quantitative estimate of drug-likeness (QED) is 0.436. The van der Waals surface area contributed by atoms with E-state index in [9.17, 15) is 18.5 Å². The normalized spacial score (nSPS) is 14.5. The molecule has 0 fully saturated rings. The van der Waals surface area contributed by atoms with Crippen molar-refractivity contribution in [2.45, 2.75) is 37.5 Å². The van der Waals surface area contributed by atoms with E-state index in [1.54, 1.807) is 18.2 Å². The third-order valence-corrected chi connectivity index (χ3v) is 6.58. The number of nitrogens with zero attached hydrogens (tertiary/aromatic N) is 1. The van der Waals surface area contributed by atoms with Gasteiger partial charge in [0.15, 0.2) is 15.6 Å². The number of ether oxygens (including phenoxy) is 3. The van der Waals surface area contributed by atoms with E-state index in [2.05, 4.69) is 0 Å². The van der Waals surface area contributed by atoms with Crippen LogP contribution in [-0.2, 0) is 22.7 Å². The van der Waals surface area contributed by atoms with E-state index in [1.807, 2.05) is 13.0 Å². The predicted molar refractivity (Wildman–Crippen MR) is 111 cm³/mol. The molecule has 1 aliphatic rings. The number of benzene rings is 2. The molecule has 0 aromatic heterocycles. The zero-order chi connectivity index (χ0) is 21.7. The van der Waals surface area contributed by atoms with E-state index in [4.69, 9.17) is 14.2 Å². The molecule has 8 nitrogen and oxygen atoms in total. The first kappa shape index (κ1) is 21.9. The highest BCUT2D eigenvalue weighted by atomic mass is 32.2. The van der Waals surface area contributed by atoms with Gasteiger partial charge in [0.25, 0.3) is 0 Å². The first-order chi connectivity index (χ1) is 14.4. The highest BCUT2D eigenvalue weighted by Gasteiger charge is 2.27. The zero-order valence-electron chi connectivity index (χ0n) is 17.0. The van der Waals surface area contributed by atoms with Crippen molar-refractivity contribution in [1.82, 2.24) is 0 Å². The molecular formula is C21H25NO7S. The Morgan fingerprint density at radius 2 is 1.97 bits per heavy atom. The Hall–Kier alpha value is -2.81. The van der Waals surface area contributed by atoms with Crippen molar-refractivity contribution >= 4 is 15.5 Å². The number of sulfone groups is 1. The first-order valence-corrected chi connectivity index (χ1v) is 11.5. The minimum atomic E-state index is -3.37. The van der Waals surface area contributed by atoms with Crippen LogP contribution in [0.4, 0.5) is 5.69 Å². The maximum absolute atomic E-state index is 12.3. The van der Waals surface area contributed by atoms with Gasteiger partial charge < -0.3 is 14.2 Å². The van der Waals surface area contributed by atoms with E-state index in [0.717, 1.165) is 17.5 Å². The summed E-state index contributed by atoms with van der Waals surface area (Å²) in [6, 6.07) is 8.24. The second-order valence-corrected chi connectivity index (χ2v) is 9.12. The van der Waals surface area contributed by atoms with Gasteiger partial charge in [0, 0.05) is 12.1 Å². The second-order valence-electron chi connectivity index (χ2n) is 7.04. The van der Waals surface area contributed by atoms with Gasteiger partial charge in [0.05, 0.1) is 24.4 Å². The molecule has 0 radical (unpaired) electrons. The van der Waals surface area contributed by atoms with Crippen LogP contribution < -0.4 is 14.2 Å². The summed E-state index contributed by atoms with van der Waals surface area (Å²) in [5, 5.41) is 11.2. The molecule has 0 N–H and O–H groups in total. The molecule has 0 unspecified atom stereocenters. The average Bonchev–Trinajstić information content (AvgIpc) is 2.72. The topological polar surface area (TPSA) is 105 Å². The summed E-state index contributed by atoms with van der Waals surface area (Å²) in [7, 11) is -1.97. The molecule has 2 aromatic carbocycles. The minimum Gasteiger partial charge on any atom is -0.493 e. The van der Waals surface area contributed by atoms with Crippen LogP contribution in [0.3, 0.4) is 0 Å². The van der Waals surface area contributed by atoms with E-state index in [-0.39, 0.29) is 28.7 Å². The van der Waals surface area contributed by atoms with E-state index >= 15 is 0 Å². The predicted octanol–water partition coefficient (Wildman–Crippen LogP) is 3.73. The molecule has 0 spiro atoms. The number of nitro benzene ring substituents is 1. The number of hydrogen-bond acceptors (Lipinski definition) is 7. The Morgan fingerprint density at radius 3 is 2.67 bits per heavy atom. The van der Waals surface area contributed by atoms with Gasteiger partial charge in [-0.1, -0.05) is 13.0 Å². The standard InChI is InChI=1S/C21H25NO7S/c1-3-9-28-19-14-21-20(29-10-11-30(21,25)26)13-16(19)6-4-5-15-7-8-18(27-2)17(12-15)22(23)24/h7-8,12-14H,3-6,9-11H2,1-2H3. The Labute approximate surface area is 175 Å². The van der Waals surface area contributed by atoms with Gasteiger partial charge in [0.1, 0.15) is 23.0 Å².